The fourth-order valence-electron chi connectivity index (χ4n) is 1.06. The molecule has 3 N–H and O–H groups in total. The Morgan fingerprint density at radius 1 is 1.60 bits per heavy atom. The van der Waals surface area contributed by atoms with Gasteiger partial charge in [0.15, 0.2) is 0 Å². The number of hydrogen-bond acceptors (Lipinski definition) is 3. The molecule has 1 atom stereocenters. The molecular formula is C11H13ClN2O. The summed E-state index contributed by atoms with van der Waals surface area (Å²) in [5, 5.41) is 0.640. The lowest BCUT2D eigenvalue weighted by Gasteiger charge is -2.14. The molecule has 0 amide bonds. The molecule has 1 aromatic rings. The number of halogens is 1. The third-order valence-corrected chi connectivity index (χ3v) is 2.08. The van der Waals surface area contributed by atoms with Gasteiger partial charge < -0.3 is 4.74 Å². The van der Waals surface area contributed by atoms with E-state index in [-0.39, 0.29) is 6.04 Å². The molecule has 0 radical (unpaired) electrons. The van der Waals surface area contributed by atoms with E-state index in [1.54, 1.807) is 12.1 Å². The van der Waals surface area contributed by atoms with Gasteiger partial charge in [0.25, 0.3) is 0 Å². The lowest BCUT2D eigenvalue weighted by Crippen LogP contribution is -2.39. The summed E-state index contributed by atoms with van der Waals surface area (Å²) in [6, 6.07) is 7.13. The van der Waals surface area contributed by atoms with Crippen LogP contribution in [-0.4, -0.2) is 12.6 Å². The van der Waals surface area contributed by atoms with E-state index < -0.39 is 0 Å². The quantitative estimate of drug-likeness (QED) is 0.454. The maximum atomic E-state index is 5.80. The van der Waals surface area contributed by atoms with Crippen molar-refractivity contribution >= 4 is 11.6 Å². The average Bonchev–Trinajstić information content (AvgIpc) is 2.24. The maximum absolute atomic E-state index is 5.80. The van der Waals surface area contributed by atoms with Crippen molar-refractivity contribution < 1.29 is 4.74 Å². The van der Waals surface area contributed by atoms with E-state index in [9.17, 15) is 0 Å². The second-order valence-electron chi connectivity index (χ2n) is 3.04. The molecule has 0 aromatic heterocycles. The zero-order valence-corrected chi connectivity index (χ0v) is 9.00. The van der Waals surface area contributed by atoms with Crippen LogP contribution >= 0.6 is 11.6 Å². The average molecular weight is 225 g/mol. The van der Waals surface area contributed by atoms with Crippen LogP contribution in [0.1, 0.15) is 6.42 Å². The largest absolute Gasteiger partial charge is 0.492 e. The van der Waals surface area contributed by atoms with Crippen LogP contribution in [0.5, 0.6) is 5.75 Å². The summed E-state index contributed by atoms with van der Waals surface area (Å²) in [6.07, 6.45) is 5.70. The number of nitrogens with two attached hydrogens (primary N) is 1. The van der Waals surface area contributed by atoms with E-state index in [0.717, 1.165) is 0 Å². The molecular weight excluding hydrogens is 212 g/mol. The van der Waals surface area contributed by atoms with Crippen LogP contribution in [0.25, 0.3) is 0 Å². The first kappa shape index (κ1) is 11.9. The molecule has 1 rings (SSSR count). The number of hydrogen-bond donors (Lipinski definition) is 2. The van der Waals surface area contributed by atoms with Gasteiger partial charge in [-0.1, -0.05) is 17.7 Å². The van der Waals surface area contributed by atoms with Crippen LogP contribution in [0.3, 0.4) is 0 Å². The Morgan fingerprint density at radius 2 is 2.40 bits per heavy atom. The van der Waals surface area contributed by atoms with E-state index in [2.05, 4.69) is 11.3 Å². The molecule has 1 unspecified atom stereocenters. The monoisotopic (exact) mass is 224 g/mol. The summed E-state index contributed by atoms with van der Waals surface area (Å²) in [6.45, 7) is 0.418. The first-order valence-electron chi connectivity index (χ1n) is 4.54. The summed E-state index contributed by atoms with van der Waals surface area (Å²) in [5.74, 6) is 8.53. The highest BCUT2D eigenvalue weighted by Crippen LogP contribution is 2.17. The normalized spacial score (nSPS) is 11.8. The van der Waals surface area contributed by atoms with Gasteiger partial charge in [0.1, 0.15) is 12.4 Å². The minimum absolute atomic E-state index is 0.0472. The van der Waals surface area contributed by atoms with Gasteiger partial charge in [0.2, 0.25) is 0 Å². The summed E-state index contributed by atoms with van der Waals surface area (Å²) in [4.78, 5) is 0. The highest BCUT2D eigenvalue weighted by Gasteiger charge is 2.05. The Hall–Kier alpha value is -1.21. The number of terminal acetylenes is 1. The molecule has 0 heterocycles. The fourth-order valence-corrected chi connectivity index (χ4v) is 1.24. The van der Waals surface area contributed by atoms with Crippen molar-refractivity contribution in [3.05, 3.63) is 29.3 Å². The van der Waals surface area contributed by atoms with Crippen LogP contribution in [-0.2, 0) is 0 Å². The van der Waals surface area contributed by atoms with Crippen molar-refractivity contribution in [2.75, 3.05) is 6.61 Å². The van der Waals surface area contributed by atoms with Crippen molar-refractivity contribution in [2.24, 2.45) is 5.84 Å². The van der Waals surface area contributed by atoms with E-state index >= 15 is 0 Å². The van der Waals surface area contributed by atoms with Gasteiger partial charge in [-0.05, 0) is 18.2 Å². The summed E-state index contributed by atoms with van der Waals surface area (Å²) >= 11 is 5.80. The number of nitrogens with one attached hydrogen (secondary N) is 1. The molecule has 3 nitrogen and oxygen atoms in total. The number of rotatable bonds is 5. The minimum Gasteiger partial charge on any atom is -0.492 e. The molecule has 0 aliphatic heterocycles. The molecule has 0 fully saturated rings. The van der Waals surface area contributed by atoms with E-state index in [1.165, 1.54) is 0 Å². The highest BCUT2D eigenvalue weighted by atomic mass is 35.5. The van der Waals surface area contributed by atoms with Gasteiger partial charge in [-0.15, -0.1) is 12.3 Å². The third-order valence-electron chi connectivity index (χ3n) is 1.85. The summed E-state index contributed by atoms with van der Waals surface area (Å²) < 4.78 is 5.47. The van der Waals surface area contributed by atoms with Gasteiger partial charge in [-0.3, -0.25) is 11.3 Å². The molecule has 0 spiro atoms. The van der Waals surface area contributed by atoms with Crippen molar-refractivity contribution in [1.29, 1.82) is 0 Å². The Bertz CT molecular complexity index is 349. The molecule has 0 bridgehead atoms. The Balaban J connectivity index is 2.46. The number of hydrazine groups is 1. The molecule has 15 heavy (non-hydrogen) atoms. The van der Waals surface area contributed by atoms with Gasteiger partial charge >= 0.3 is 0 Å². The highest BCUT2D eigenvalue weighted by molar-refractivity contribution is 6.30. The van der Waals surface area contributed by atoms with Crippen LogP contribution in [0.15, 0.2) is 24.3 Å². The molecule has 1 aromatic carbocycles. The van der Waals surface area contributed by atoms with Crippen molar-refractivity contribution in [3.63, 3.8) is 0 Å². The molecule has 0 saturated carbocycles. The van der Waals surface area contributed by atoms with Crippen molar-refractivity contribution in [1.82, 2.24) is 5.43 Å². The first-order chi connectivity index (χ1) is 7.26. The molecule has 0 aliphatic carbocycles. The maximum Gasteiger partial charge on any atom is 0.120 e. The second kappa shape index (κ2) is 6.31. The van der Waals surface area contributed by atoms with E-state index in [4.69, 9.17) is 28.6 Å². The standard InChI is InChI=1S/C11H13ClN2O/c1-2-4-10(14-13)8-15-11-6-3-5-9(12)7-11/h1,3,5-7,10,14H,4,8,13H2. The SMILES string of the molecule is C#CCC(COc1cccc(Cl)c1)NN. The van der Waals surface area contributed by atoms with E-state index in [1.807, 2.05) is 12.1 Å². The first-order valence-corrected chi connectivity index (χ1v) is 4.92. The Morgan fingerprint density at radius 3 is 3.00 bits per heavy atom. The molecule has 0 aliphatic rings. The van der Waals surface area contributed by atoms with Gasteiger partial charge in [0.05, 0.1) is 6.04 Å². The van der Waals surface area contributed by atoms with Crippen molar-refractivity contribution in [2.45, 2.75) is 12.5 Å². The Kier molecular flexibility index (Phi) is 4.99. The fraction of sp³-hybridized carbons (Fsp3) is 0.273. The smallest absolute Gasteiger partial charge is 0.120 e. The zero-order chi connectivity index (χ0) is 11.1. The second-order valence-corrected chi connectivity index (χ2v) is 3.48. The van der Waals surface area contributed by atoms with Crippen molar-refractivity contribution in [3.8, 4) is 18.1 Å². The lowest BCUT2D eigenvalue weighted by atomic mass is 10.2. The van der Waals surface area contributed by atoms with E-state index in [0.29, 0.717) is 23.8 Å². The van der Waals surface area contributed by atoms with Crippen LogP contribution in [0, 0.1) is 12.3 Å². The third kappa shape index (κ3) is 4.22. The van der Waals surface area contributed by atoms with Crippen LogP contribution < -0.4 is 16.0 Å². The molecule has 4 heteroatoms. The predicted octanol–water partition coefficient (Wildman–Crippen LogP) is 1.57. The summed E-state index contributed by atoms with van der Waals surface area (Å²) in [5.41, 5.74) is 2.59. The zero-order valence-electron chi connectivity index (χ0n) is 8.24. The molecule has 80 valence electrons. The number of ether oxygens (including phenoxy) is 1. The Labute approximate surface area is 94.5 Å². The molecule has 0 saturated heterocycles. The van der Waals surface area contributed by atoms with Crippen LogP contribution in [0.2, 0.25) is 5.02 Å². The van der Waals surface area contributed by atoms with Gasteiger partial charge in [0, 0.05) is 11.4 Å². The summed E-state index contributed by atoms with van der Waals surface area (Å²) in [7, 11) is 0. The topological polar surface area (TPSA) is 47.3 Å². The predicted molar refractivity (Wildman–Crippen MR) is 61.5 cm³/mol. The van der Waals surface area contributed by atoms with Gasteiger partial charge in [-0.25, -0.2) is 0 Å². The lowest BCUT2D eigenvalue weighted by molar-refractivity contribution is 0.267. The van der Waals surface area contributed by atoms with Crippen LogP contribution in [0.4, 0.5) is 0 Å². The minimum atomic E-state index is -0.0472. The van der Waals surface area contributed by atoms with Gasteiger partial charge in [-0.2, -0.15) is 0 Å². The number of benzene rings is 1.